The van der Waals surface area contributed by atoms with Crippen LogP contribution in [0.1, 0.15) is 37.5 Å². The van der Waals surface area contributed by atoms with E-state index in [9.17, 15) is 18.5 Å². The third kappa shape index (κ3) is 4.99. The van der Waals surface area contributed by atoms with Crippen molar-refractivity contribution in [2.75, 3.05) is 18.5 Å². The van der Waals surface area contributed by atoms with Gasteiger partial charge in [0.15, 0.2) is 0 Å². The fourth-order valence-electron chi connectivity index (χ4n) is 2.81. The van der Waals surface area contributed by atoms with E-state index in [0.29, 0.717) is 5.71 Å². The summed E-state index contributed by atoms with van der Waals surface area (Å²) in [5, 5.41) is 15.8. The highest BCUT2D eigenvalue weighted by molar-refractivity contribution is 7.89. The van der Waals surface area contributed by atoms with Crippen LogP contribution in [0.15, 0.2) is 46.4 Å². The monoisotopic (exact) mass is 418 g/mol. The summed E-state index contributed by atoms with van der Waals surface area (Å²) in [5.41, 5.74) is 6.30. The van der Waals surface area contributed by atoms with Gasteiger partial charge in [-0.25, -0.2) is 8.42 Å². The number of anilines is 1. The van der Waals surface area contributed by atoms with Crippen LogP contribution in [0, 0.1) is 24.0 Å². The number of nitrogens with one attached hydrogen (secondary N) is 1. The van der Waals surface area contributed by atoms with Gasteiger partial charge in [0.25, 0.3) is 5.69 Å². The van der Waals surface area contributed by atoms with E-state index in [1.165, 1.54) is 16.4 Å². The van der Waals surface area contributed by atoms with Gasteiger partial charge in [-0.2, -0.15) is 9.41 Å². The Labute approximate surface area is 171 Å². The number of hydrazone groups is 1. The Morgan fingerprint density at radius 1 is 1.10 bits per heavy atom. The molecule has 0 heterocycles. The van der Waals surface area contributed by atoms with E-state index in [1.807, 2.05) is 32.0 Å². The predicted octanol–water partition coefficient (Wildman–Crippen LogP) is 4.08. The van der Waals surface area contributed by atoms with Gasteiger partial charge >= 0.3 is 0 Å². The van der Waals surface area contributed by atoms with E-state index in [4.69, 9.17) is 0 Å². The standard InChI is InChI=1S/C20H26N4O4S/c1-6-23(7-2)29(27,28)18-10-11-19(20(13-18)24(25)26)22-21-16(5)17-9-8-14(3)15(4)12-17/h8-13,22H,6-7H2,1-5H3/b21-16-. The molecule has 2 aromatic carbocycles. The van der Waals surface area contributed by atoms with E-state index in [0.717, 1.165) is 22.8 Å². The molecular formula is C20H26N4O4S. The lowest BCUT2D eigenvalue weighted by Crippen LogP contribution is -2.30. The average Bonchev–Trinajstić information content (AvgIpc) is 2.68. The van der Waals surface area contributed by atoms with Crippen LogP contribution in [-0.2, 0) is 10.0 Å². The largest absolute Gasteiger partial charge is 0.295 e. The minimum atomic E-state index is -3.79. The van der Waals surface area contributed by atoms with Crippen LogP contribution in [0.4, 0.5) is 11.4 Å². The molecule has 29 heavy (non-hydrogen) atoms. The fourth-order valence-corrected chi connectivity index (χ4v) is 4.28. The number of hydrogen-bond donors (Lipinski definition) is 1. The number of nitrogens with zero attached hydrogens (tertiary/aromatic N) is 3. The van der Waals surface area contributed by atoms with Gasteiger partial charge in [0.05, 0.1) is 15.5 Å². The number of aryl methyl sites for hydroxylation is 2. The first-order valence-corrected chi connectivity index (χ1v) is 10.7. The summed E-state index contributed by atoms with van der Waals surface area (Å²) in [6.45, 7) is 9.81. The highest BCUT2D eigenvalue weighted by Gasteiger charge is 2.25. The molecule has 156 valence electrons. The molecule has 9 heteroatoms. The predicted molar refractivity (Wildman–Crippen MR) is 115 cm³/mol. The molecule has 2 aromatic rings. The molecule has 0 fully saturated rings. The van der Waals surface area contributed by atoms with E-state index < -0.39 is 14.9 Å². The first-order chi connectivity index (χ1) is 13.6. The Morgan fingerprint density at radius 3 is 2.31 bits per heavy atom. The van der Waals surface area contributed by atoms with Crippen LogP contribution in [-0.4, -0.2) is 36.4 Å². The van der Waals surface area contributed by atoms with Gasteiger partial charge < -0.3 is 0 Å². The summed E-state index contributed by atoms with van der Waals surface area (Å²) < 4.78 is 26.5. The van der Waals surface area contributed by atoms with Crippen molar-refractivity contribution in [2.45, 2.75) is 39.5 Å². The molecule has 0 aromatic heterocycles. The van der Waals surface area contributed by atoms with E-state index >= 15 is 0 Å². The zero-order valence-corrected chi connectivity index (χ0v) is 18.1. The number of rotatable bonds is 8. The van der Waals surface area contributed by atoms with Crippen LogP contribution < -0.4 is 5.43 Å². The van der Waals surface area contributed by atoms with Crippen LogP contribution >= 0.6 is 0 Å². The van der Waals surface area contributed by atoms with Gasteiger partial charge in [0, 0.05) is 19.2 Å². The lowest BCUT2D eigenvalue weighted by atomic mass is 10.0. The third-order valence-corrected chi connectivity index (χ3v) is 6.82. The molecule has 8 nitrogen and oxygen atoms in total. The summed E-state index contributed by atoms with van der Waals surface area (Å²) in [5.74, 6) is 0. The van der Waals surface area contributed by atoms with Crippen LogP contribution in [0.5, 0.6) is 0 Å². The van der Waals surface area contributed by atoms with Crippen LogP contribution in [0.3, 0.4) is 0 Å². The summed E-state index contributed by atoms with van der Waals surface area (Å²) in [7, 11) is -3.79. The van der Waals surface area contributed by atoms with Gasteiger partial charge in [0.1, 0.15) is 5.69 Å². The normalized spacial score (nSPS) is 12.3. The Morgan fingerprint density at radius 2 is 1.76 bits per heavy atom. The molecule has 0 unspecified atom stereocenters. The van der Waals surface area contributed by atoms with Gasteiger partial charge in [-0.3, -0.25) is 15.5 Å². The van der Waals surface area contributed by atoms with Crippen molar-refractivity contribution in [3.05, 3.63) is 63.2 Å². The van der Waals surface area contributed by atoms with Crippen molar-refractivity contribution in [2.24, 2.45) is 5.10 Å². The molecular weight excluding hydrogens is 392 g/mol. The molecule has 2 rings (SSSR count). The SMILES string of the molecule is CCN(CC)S(=O)(=O)c1ccc(N/N=C(/C)c2ccc(C)c(C)c2)c([N+](=O)[O-])c1. The van der Waals surface area contributed by atoms with Crippen molar-refractivity contribution in [1.29, 1.82) is 0 Å². The summed E-state index contributed by atoms with van der Waals surface area (Å²) in [4.78, 5) is 10.8. The minimum Gasteiger partial charge on any atom is -0.271 e. The van der Waals surface area contributed by atoms with Gasteiger partial charge in [-0.05, 0) is 55.7 Å². The van der Waals surface area contributed by atoms with E-state index in [2.05, 4.69) is 10.5 Å². The highest BCUT2D eigenvalue weighted by atomic mass is 32.2. The zero-order chi connectivity index (χ0) is 21.8. The minimum absolute atomic E-state index is 0.117. The second kappa shape index (κ2) is 9.15. The lowest BCUT2D eigenvalue weighted by molar-refractivity contribution is -0.384. The van der Waals surface area contributed by atoms with Gasteiger partial charge in [0.2, 0.25) is 10.0 Å². The van der Waals surface area contributed by atoms with Crippen molar-refractivity contribution >= 4 is 27.1 Å². The second-order valence-electron chi connectivity index (χ2n) is 6.63. The van der Waals surface area contributed by atoms with Crippen LogP contribution in [0.25, 0.3) is 0 Å². The molecule has 0 amide bonds. The first kappa shape index (κ1) is 22.5. The maximum absolute atomic E-state index is 12.6. The summed E-state index contributed by atoms with van der Waals surface area (Å²) >= 11 is 0. The highest BCUT2D eigenvalue weighted by Crippen LogP contribution is 2.29. The molecule has 0 aliphatic heterocycles. The molecule has 0 radical (unpaired) electrons. The molecule has 0 aliphatic carbocycles. The van der Waals surface area contributed by atoms with E-state index in [1.54, 1.807) is 20.8 Å². The molecule has 0 spiro atoms. The van der Waals surface area contributed by atoms with Crippen molar-refractivity contribution in [3.63, 3.8) is 0 Å². The van der Waals surface area contributed by atoms with Crippen molar-refractivity contribution in [1.82, 2.24) is 4.31 Å². The molecule has 0 atom stereocenters. The lowest BCUT2D eigenvalue weighted by Gasteiger charge is -2.18. The molecule has 0 bridgehead atoms. The quantitative estimate of drug-likeness (QED) is 0.395. The average molecular weight is 419 g/mol. The molecule has 0 aliphatic rings. The number of sulfonamides is 1. The first-order valence-electron chi connectivity index (χ1n) is 9.28. The molecule has 0 saturated heterocycles. The Kier molecular flexibility index (Phi) is 7.10. The fraction of sp³-hybridized carbons (Fsp3) is 0.350. The Bertz CT molecular complexity index is 1040. The number of nitro benzene ring substituents is 1. The maximum Gasteiger partial charge on any atom is 0.295 e. The number of hydrogen-bond acceptors (Lipinski definition) is 6. The topological polar surface area (TPSA) is 105 Å². The zero-order valence-electron chi connectivity index (χ0n) is 17.3. The number of benzene rings is 2. The van der Waals surface area contributed by atoms with Crippen molar-refractivity contribution in [3.8, 4) is 0 Å². The van der Waals surface area contributed by atoms with Gasteiger partial charge in [-0.1, -0.05) is 26.0 Å². The van der Waals surface area contributed by atoms with Crippen LogP contribution in [0.2, 0.25) is 0 Å². The summed E-state index contributed by atoms with van der Waals surface area (Å²) in [6.07, 6.45) is 0. The summed E-state index contributed by atoms with van der Waals surface area (Å²) in [6, 6.07) is 9.69. The van der Waals surface area contributed by atoms with Crippen molar-refractivity contribution < 1.29 is 13.3 Å². The number of nitro groups is 1. The Hall–Kier alpha value is -2.78. The second-order valence-corrected chi connectivity index (χ2v) is 8.57. The Balaban J connectivity index is 2.38. The molecule has 1 N–H and O–H groups in total. The smallest absolute Gasteiger partial charge is 0.271 e. The van der Waals surface area contributed by atoms with E-state index in [-0.39, 0.29) is 29.4 Å². The van der Waals surface area contributed by atoms with Gasteiger partial charge in [-0.15, -0.1) is 0 Å². The third-order valence-electron chi connectivity index (χ3n) is 4.78. The maximum atomic E-state index is 12.6. The molecule has 0 saturated carbocycles.